The third kappa shape index (κ3) is 4.92. The Morgan fingerprint density at radius 2 is 1.95 bits per heavy atom. The molecule has 2 amide bonds. The summed E-state index contributed by atoms with van der Waals surface area (Å²) in [5.74, 6) is -2.06. The molecule has 2 aliphatic rings. The molecule has 0 spiro atoms. The van der Waals surface area contributed by atoms with E-state index < -0.39 is 52.8 Å². The number of pyridine rings is 1. The van der Waals surface area contributed by atoms with Gasteiger partial charge in [0.2, 0.25) is 12.7 Å². The largest absolute Gasteiger partial charge is 0.426 e. The topological polar surface area (TPSA) is 132 Å². The molecular weight excluding hydrogens is 560 g/mol. The van der Waals surface area contributed by atoms with Gasteiger partial charge in [0.05, 0.1) is 5.02 Å². The van der Waals surface area contributed by atoms with Crippen LogP contribution in [-0.4, -0.2) is 62.8 Å². The summed E-state index contributed by atoms with van der Waals surface area (Å²) in [6.07, 6.45) is 3.34. The lowest BCUT2D eigenvalue weighted by molar-refractivity contribution is -0.671. The van der Waals surface area contributed by atoms with E-state index in [1.165, 1.54) is 16.7 Å². The SMILES string of the molecule is Cc1onc(-c2ccccc2Cl)c1C(=O)N[C@H]1C(=O)N2[C@H]1SC(C)(C)[C@H]2C(=O)OCOC(=O)c1ccc[n+](C)c1. The lowest BCUT2D eigenvalue weighted by Gasteiger charge is -2.43. The number of amides is 2. The molecule has 2 fully saturated rings. The van der Waals surface area contributed by atoms with Crippen LogP contribution in [0.2, 0.25) is 5.02 Å². The van der Waals surface area contributed by atoms with Crippen LogP contribution in [0.4, 0.5) is 0 Å². The molecule has 4 heterocycles. The van der Waals surface area contributed by atoms with Crippen molar-refractivity contribution in [3.63, 3.8) is 0 Å². The molecule has 40 heavy (non-hydrogen) atoms. The number of carbonyl (C=O) groups is 4. The highest BCUT2D eigenvalue weighted by Crippen LogP contribution is 2.51. The van der Waals surface area contributed by atoms with Gasteiger partial charge < -0.3 is 24.2 Å². The average molecular weight is 586 g/mol. The normalized spacial score (nSPS) is 20.9. The number of esters is 2. The van der Waals surface area contributed by atoms with Crippen LogP contribution in [-0.2, 0) is 26.1 Å². The molecule has 0 radical (unpaired) electrons. The number of hydrogen-bond donors (Lipinski definition) is 1. The first kappa shape index (κ1) is 27.7. The molecule has 5 rings (SSSR count). The lowest BCUT2D eigenvalue weighted by Crippen LogP contribution is -2.70. The molecule has 2 saturated heterocycles. The highest BCUT2D eigenvalue weighted by Gasteiger charge is 2.64. The van der Waals surface area contributed by atoms with Gasteiger partial charge in [-0.05, 0) is 32.9 Å². The van der Waals surface area contributed by atoms with E-state index in [1.54, 1.807) is 67.3 Å². The molecule has 0 saturated carbocycles. The molecule has 13 heteroatoms. The van der Waals surface area contributed by atoms with Gasteiger partial charge in [-0.25, -0.2) is 14.2 Å². The summed E-state index contributed by atoms with van der Waals surface area (Å²) in [7, 11) is 1.76. The summed E-state index contributed by atoms with van der Waals surface area (Å²) in [6, 6.07) is 8.37. The second kappa shape index (κ2) is 10.6. The van der Waals surface area contributed by atoms with Crippen molar-refractivity contribution in [3.05, 3.63) is 70.7 Å². The molecule has 0 bridgehead atoms. The zero-order valence-corrected chi connectivity index (χ0v) is 23.6. The number of aromatic nitrogens is 2. The summed E-state index contributed by atoms with van der Waals surface area (Å²) in [5, 5.41) is 6.68. The van der Waals surface area contributed by atoms with E-state index in [2.05, 4.69) is 10.5 Å². The second-order valence-corrected chi connectivity index (χ2v) is 12.1. The predicted molar refractivity (Wildman–Crippen MR) is 143 cm³/mol. The predicted octanol–water partition coefficient (Wildman–Crippen LogP) is 2.65. The minimum atomic E-state index is -0.938. The number of ether oxygens (including phenoxy) is 2. The molecule has 2 aliphatic heterocycles. The van der Waals surface area contributed by atoms with Gasteiger partial charge in [0.25, 0.3) is 5.91 Å². The van der Waals surface area contributed by atoms with E-state index in [1.807, 2.05) is 13.8 Å². The first-order chi connectivity index (χ1) is 19.0. The Labute approximate surface area is 238 Å². The van der Waals surface area contributed by atoms with Crippen LogP contribution in [0.5, 0.6) is 0 Å². The van der Waals surface area contributed by atoms with Crippen LogP contribution >= 0.6 is 23.4 Å². The van der Waals surface area contributed by atoms with Gasteiger partial charge in [-0.15, -0.1) is 11.8 Å². The number of benzene rings is 1. The first-order valence-corrected chi connectivity index (χ1v) is 13.6. The number of hydrogen-bond acceptors (Lipinski definition) is 9. The number of β-lactam (4-membered cyclic amide) rings is 1. The van der Waals surface area contributed by atoms with Crippen LogP contribution in [0.25, 0.3) is 11.3 Å². The van der Waals surface area contributed by atoms with Crippen molar-refractivity contribution < 1.29 is 37.7 Å². The van der Waals surface area contributed by atoms with Gasteiger partial charge in [0.1, 0.15) is 47.1 Å². The van der Waals surface area contributed by atoms with Crippen LogP contribution in [0.1, 0.15) is 40.3 Å². The van der Waals surface area contributed by atoms with Gasteiger partial charge in [-0.1, -0.05) is 35.0 Å². The van der Waals surface area contributed by atoms with Gasteiger partial charge in [0, 0.05) is 16.4 Å². The van der Waals surface area contributed by atoms with Crippen molar-refractivity contribution in [1.82, 2.24) is 15.4 Å². The maximum Gasteiger partial charge on any atom is 0.347 e. The van der Waals surface area contributed by atoms with Crippen molar-refractivity contribution >= 4 is 47.1 Å². The maximum absolute atomic E-state index is 13.3. The zero-order chi connectivity index (χ0) is 28.8. The fourth-order valence-corrected chi connectivity index (χ4v) is 6.67. The Hall–Kier alpha value is -3.90. The Kier molecular flexibility index (Phi) is 7.32. The van der Waals surface area contributed by atoms with Crippen molar-refractivity contribution in [3.8, 4) is 11.3 Å². The van der Waals surface area contributed by atoms with Crippen molar-refractivity contribution in [2.24, 2.45) is 7.05 Å². The third-order valence-corrected chi connectivity index (χ3v) is 8.64. The molecule has 2 aromatic heterocycles. The van der Waals surface area contributed by atoms with E-state index in [4.69, 9.17) is 25.6 Å². The van der Waals surface area contributed by atoms with Crippen LogP contribution in [0.15, 0.2) is 53.3 Å². The number of nitrogens with one attached hydrogen (secondary N) is 1. The van der Waals surface area contributed by atoms with E-state index in [0.29, 0.717) is 16.1 Å². The average Bonchev–Trinajstić information content (AvgIpc) is 3.41. The summed E-state index contributed by atoms with van der Waals surface area (Å²) < 4.78 is 16.5. The summed E-state index contributed by atoms with van der Waals surface area (Å²) >= 11 is 7.67. The number of rotatable bonds is 7. The van der Waals surface area contributed by atoms with Crippen molar-refractivity contribution in [2.45, 2.75) is 43.0 Å². The lowest BCUT2D eigenvalue weighted by atomic mass is 9.95. The van der Waals surface area contributed by atoms with Crippen molar-refractivity contribution in [1.29, 1.82) is 0 Å². The third-order valence-electron chi connectivity index (χ3n) is 6.74. The van der Waals surface area contributed by atoms with Crippen LogP contribution in [0, 0.1) is 6.92 Å². The summed E-state index contributed by atoms with van der Waals surface area (Å²) in [4.78, 5) is 53.2. The van der Waals surface area contributed by atoms with E-state index in [9.17, 15) is 19.2 Å². The fourth-order valence-electron chi connectivity index (χ4n) is 4.83. The maximum atomic E-state index is 13.3. The summed E-state index contributed by atoms with van der Waals surface area (Å²) in [5.41, 5.74) is 1.26. The highest BCUT2D eigenvalue weighted by molar-refractivity contribution is 8.01. The standard InChI is InChI=1S/C27H25ClN4O7S/c1-14-18(19(30-39-14)16-9-5-6-10-17(16)28)22(33)29-20-23(34)32-21(27(2,3)40-24(20)32)26(36)38-13-37-25(35)15-8-7-11-31(4)12-15/h5-12,20-21,24H,13H2,1-4H3/p+1/t20-,21+,24-/m0/s1. The zero-order valence-electron chi connectivity index (χ0n) is 22.0. The molecule has 3 aromatic rings. The quantitative estimate of drug-likeness (QED) is 0.192. The molecular formula is C27H26ClN4O7S+. The number of carbonyl (C=O) groups excluding carboxylic acids is 4. The van der Waals surface area contributed by atoms with E-state index in [0.717, 1.165) is 0 Å². The Bertz CT molecular complexity index is 1520. The first-order valence-electron chi connectivity index (χ1n) is 12.3. The Morgan fingerprint density at radius 1 is 1.20 bits per heavy atom. The second-order valence-electron chi connectivity index (χ2n) is 9.92. The van der Waals surface area contributed by atoms with Crippen LogP contribution < -0.4 is 9.88 Å². The molecule has 3 atom stereocenters. The van der Waals surface area contributed by atoms with Gasteiger partial charge in [-0.2, -0.15) is 0 Å². The number of thioether (sulfide) groups is 1. The molecule has 208 valence electrons. The number of halogens is 1. The van der Waals surface area contributed by atoms with Gasteiger partial charge >= 0.3 is 11.9 Å². The highest BCUT2D eigenvalue weighted by atomic mass is 35.5. The molecule has 1 N–H and O–H groups in total. The fraction of sp³-hybridized carbons (Fsp3) is 0.333. The van der Waals surface area contributed by atoms with Gasteiger partial charge in [0.15, 0.2) is 12.4 Å². The molecule has 0 unspecified atom stereocenters. The minimum Gasteiger partial charge on any atom is -0.426 e. The number of aryl methyl sites for hydroxylation is 2. The number of fused-ring (bicyclic) bond motifs is 1. The number of nitrogens with zero attached hydrogens (tertiary/aromatic N) is 3. The van der Waals surface area contributed by atoms with Crippen molar-refractivity contribution in [2.75, 3.05) is 6.79 Å². The minimum absolute atomic E-state index is 0.173. The van der Waals surface area contributed by atoms with E-state index >= 15 is 0 Å². The van der Waals surface area contributed by atoms with Gasteiger partial charge in [-0.3, -0.25) is 9.59 Å². The monoisotopic (exact) mass is 585 g/mol. The Balaban J connectivity index is 1.24. The smallest absolute Gasteiger partial charge is 0.347 e. The summed E-state index contributed by atoms with van der Waals surface area (Å²) in [6.45, 7) is 4.62. The van der Waals surface area contributed by atoms with E-state index in [-0.39, 0.29) is 17.0 Å². The molecule has 0 aliphatic carbocycles. The molecule has 11 nitrogen and oxygen atoms in total. The molecule has 1 aromatic carbocycles. The van der Waals surface area contributed by atoms with Crippen LogP contribution in [0.3, 0.4) is 0 Å². The Morgan fingerprint density at radius 3 is 2.67 bits per heavy atom.